The minimum atomic E-state index is -0.702. The molecule has 5 rings (SSSR count). The molecule has 0 aliphatic carbocycles. The molecule has 0 saturated carbocycles. The van der Waals surface area contributed by atoms with Crippen LogP contribution in [0.2, 0.25) is 5.02 Å². The van der Waals surface area contributed by atoms with Gasteiger partial charge in [0, 0.05) is 50.2 Å². The fourth-order valence-electron chi connectivity index (χ4n) is 5.61. The Morgan fingerprint density at radius 2 is 1.73 bits per heavy atom. The topological polar surface area (TPSA) is 149 Å². The van der Waals surface area contributed by atoms with Crippen molar-refractivity contribution in [2.24, 2.45) is 10.7 Å². The van der Waals surface area contributed by atoms with Crippen LogP contribution in [0.1, 0.15) is 67.8 Å². The Labute approximate surface area is 294 Å². The maximum atomic E-state index is 13.3. The van der Waals surface area contributed by atoms with E-state index in [-0.39, 0.29) is 18.2 Å². The number of rotatable bonds is 10. The van der Waals surface area contributed by atoms with Gasteiger partial charge in [-0.2, -0.15) is 0 Å². The van der Waals surface area contributed by atoms with Crippen molar-refractivity contribution in [2.45, 2.75) is 66.6 Å². The Balaban J connectivity index is 1.22. The third-order valence-corrected chi connectivity index (χ3v) is 10.9. The summed E-state index contributed by atoms with van der Waals surface area (Å²) >= 11 is 9.24. The molecular weight excluding hydrogens is 664 g/mol. The van der Waals surface area contributed by atoms with E-state index in [9.17, 15) is 9.59 Å². The zero-order chi connectivity index (χ0) is 34.7. The van der Waals surface area contributed by atoms with E-state index in [4.69, 9.17) is 27.7 Å². The molecule has 2 aromatic heterocycles. The molecule has 1 unspecified atom stereocenters. The maximum Gasteiger partial charge on any atom is 0.257 e. The van der Waals surface area contributed by atoms with Crippen molar-refractivity contribution in [3.05, 3.63) is 90.8 Å². The number of hydrogen-bond acceptors (Lipinski definition) is 9. The number of benzene rings is 2. The van der Waals surface area contributed by atoms with E-state index >= 15 is 0 Å². The van der Waals surface area contributed by atoms with Crippen molar-refractivity contribution in [1.29, 1.82) is 5.41 Å². The van der Waals surface area contributed by atoms with Crippen LogP contribution in [0, 0.1) is 40.0 Å². The monoisotopic (exact) mass is 704 g/mol. The van der Waals surface area contributed by atoms with Gasteiger partial charge in [0.05, 0.1) is 29.7 Å². The summed E-state index contributed by atoms with van der Waals surface area (Å²) in [5.41, 5.74) is 13.6. The predicted molar refractivity (Wildman–Crippen MR) is 200 cm³/mol. The van der Waals surface area contributed by atoms with Crippen molar-refractivity contribution < 1.29 is 9.59 Å². The van der Waals surface area contributed by atoms with Crippen LogP contribution in [-0.4, -0.2) is 53.6 Å². The number of carbonyl (C=O) groups is 2. The Bertz CT molecular complexity index is 1860. The third kappa shape index (κ3) is 7.62. The molecule has 13 heteroatoms. The molecule has 3 heterocycles. The van der Waals surface area contributed by atoms with Crippen LogP contribution < -0.4 is 26.6 Å². The molecule has 1 aliphatic rings. The first kappa shape index (κ1) is 35.2. The Kier molecular flexibility index (Phi) is 11.0. The van der Waals surface area contributed by atoms with Gasteiger partial charge < -0.3 is 21.3 Å². The molecule has 48 heavy (non-hydrogen) atoms. The van der Waals surface area contributed by atoms with E-state index in [1.807, 2.05) is 57.2 Å². The Hall–Kier alpha value is -4.10. The third-order valence-electron chi connectivity index (χ3n) is 8.50. The van der Waals surface area contributed by atoms with Gasteiger partial charge in [-0.25, -0.2) is 4.98 Å². The first-order chi connectivity index (χ1) is 22.8. The van der Waals surface area contributed by atoms with Gasteiger partial charge in [0.1, 0.15) is 11.2 Å². The number of fused-ring (bicyclic) bond motifs is 1. The van der Waals surface area contributed by atoms with Gasteiger partial charge in [0.2, 0.25) is 5.91 Å². The average Bonchev–Trinajstić information content (AvgIpc) is 3.46. The van der Waals surface area contributed by atoms with Crippen molar-refractivity contribution in [3.63, 3.8) is 0 Å². The number of aryl methyl sites for hydroxylation is 3. The molecule has 252 valence electrons. The van der Waals surface area contributed by atoms with Gasteiger partial charge in [-0.05, 0) is 83.4 Å². The molecule has 6 N–H and O–H groups in total. The highest BCUT2D eigenvalue weighted by Crippen LogP contribution is 2.40. The van der Waals surface area contributed by atoms with Gasteiger partial charge in [0.25, 0.3) is 5.91 Å². The number of amides is 2. The fourth-order valence-corrected chi connectivity index (χ4v) is 7.80. The number of nitrogens with two attached hydrogens (primary N) is 1. The molecule has 0 spiro atoms. The van der Waals surface area contributed by atoms with Gasteiger partial charge >= 0.3 is 0 Å². The zero-order valence-corrected chi connectivity index (χ0v) is 30.3. The summed E-state index contributed by atoms with van der Waals surface area (Å²) in [4.78, 5) is 39.7. The van der Waals surface area contributed by atoms with Crippen molar-refractivity contribution in [1.82, 2.24) is 10.3 Å². The average molecular weight is 705 g/mol. The van der Waals surface area contributed by atoms with Crippen LogP contribution in [0.4, 0.5) is 15.8 Å². The summed E-state index contributed by atoms with van der Waals surface area (Å²) in [6, 6.07) is 12.5. The lowest BCUT2D eigenvalue weighted by Crippen LogP contribution is -2.52. The van der Waals surface area contributed by atoms with Gasteiger partial charge in [-0.15, -0.1) is 22.7 Å². The number of hydrogen-bond donors (Lipinski definition) is 5. The standard InChI is InChI=1S/C35H41ClN8O2S2/c1-18-21(4)47-34-30(18)31(24-11-13-25(36)14-12-24)42-28(32(38)44(34)23(6)37)17-29(45)40-16-8-15-39-27-10-7-9-26(19(27)2)33(46)43-35-41-20(3)22(5)48-35/h7,9-14,28,32,37,39H,8,15-17,38H2,1-6H3,(H,40,45)(H,41,43,46)/t28-,32?/m0/s1. The summed E-state index contributed by atoms with van der Waals surface area (Å²) in [7, 11) is 0. The number of anilines is 3. The second-order valence-electron chi connectivity index (χ2n) is 11.9. The lowest BCUT2D eigenvalue weighted by molar-refractivity contribution is -0.121. The highest BCUT2D eigenvalue weighted by molar-refractivity contribution is 7.17. The molecule has 2 aromatic carbocycles. The van der Waals surface area contributed by atoms with Crippen molar-refractivity contribution in [3.8, 4) is 0 Å². The quantitative estimate of drug-likeness (QED) is 0.0684. The first-order valence-electron chi connectivity index (χ1n) is 15.7. The van der Waals surface area contributed by atoms with Gasteiger partial charge in [-0.3, -0.25) is 25.3 Å². The molecule has 0 radical (unpaired) electrons. The summed E-state index contributed by atoms with van der Waals surface area (Å²) in [5, 5.41) is 20.0. The van der Waals surface area contributed by atoms with E-state index < -0.39 is 12.2 Å². The van der Waals surface area contributed by atoms with Crippen LogP contribution >= 0.6 is 34.3 Å². The van der Waals surface area contributed by atoms with Crippen LogP contribution in [0.15, 0.2) is 47.5 Å². The minimum absolute atomic E-state index is 0.0663. The zero-order valence-electron chi connectivity index (χ0n) is 28.0. The Morgan fingerprint density at radius 3 is 2.40 bits per heavy atom. The van der Waals surface area contributed by atoms with Crippen molar-refractivity contribution >= 4 is 73.5 Å². The van der Waals surface area contributed by atoms with E-state index in [2.05, 4.69) is 34.8 Å². The van der Waals surface area contributed by atoms with E-state index in [1.54, 1.807) is 29.2 Å². The second kappa shape index (κ2) is 15.0. The normalized spacial score (nSPS) is 15.8. The number of carbonyl (C=O) groups excluding carboxylic acids is 2. The maximum absolute atomic E-state index is 13.3. The number of nitrogens with one attached hydrogen (secondary N) is 4. The van der Waals surface area contributed by atoms with E-state index in [0.29, 0.717) is 41.1 Å². The molecule has 2 atom stereocenters. The predicted octanol–water partition coefficient (Wildman–Crippen LogP) is 6.97. The lowest BCUT2D eigenvalue weighted by atomic mass is 9.99. The number of thiazole rings is 1. The van der Waals surface area contributed by atoms with Crippen LogP contribution in [0.25, 0.3) is 0 Å². The van der Waals surface area contributed by atoms with Crippen LogP contribution in [0.5, 0.6) is 0 Å². The smallest absolute Gasteiger partial charge is 0.257 e. The minimum Gasteiger partial charge on any atom is -0.385 e. The van der Waals surface area contributed by atoms with Crippen molar-refractivity contribution in [2.75, 3.05) is 28.6 Å². The molecule has 0 fully saturated rings. The highest BCUT2D eigenvalue weighted by Gasteiger charge is 2.36. The molecule has 4 aromatic rings. The molecule has 0 saturated heterocycles. The molecule has 1 aliphatic heterocycles. The SMILES string of the molecule is CC(=N)N1c2sc(C)c(C)c2C(c2ccc(Cl)cc2)=N[C@@H](CC(=O)NCCCNc2cccc(C(=O)Nc3nc(C)c(C)s3)c2C)C1N. The molecular formula is C35H41ClN8O2S2. The van der Waals surface area contributed by atoms with E-state index in [1.165, 1.54) is 11.3 Å². The van der Waals surface area contributed by atoms with Crippen LogP contribution in [0.3, 0.4) is 0 Å². The second-order valence-corrected chi connectivity index (χ2v) is 14.7. The molecule has 10 nitrogen and oxygen atoms in total. The molecule has 0 bridgehead atoms. The highest BCUT2D eigenvalue weighted by atomic mass is 35.5. The summed E-state index contributed by atoms with van der Waals surface area (Å²) in [5.74, 6) is -0.0787. The number of nitrogens with zero attached hydrogens (tertiary/aromatic N) is 3. The first-order valence-corrected chi connectivity index (χ1v) is 17.8. The molecule has 2 amide bonds. The number of aromatic nitrogens is 1. The number of thiophene rings is 1. The number of amidine groups is 1. The summed E-state index contributed by atoms with van der Waals surface area (Å²) in [6.45, 7) is 12.7. The van der Waals surface area contributed by atoms with Gasteiger partial charge in [0.15, 0.2) is 5.13 Å². The number of aliphatic imine (C=N–C) groups is 1. The number of halogens is 1. The van der Waals surface area contributed by atoms with E-state index in [0.717, 1.165) is 54.1 Å². The summed E-state index contributed by atoms with van der Waals surface area (Å²) in [6.07, 6.45) is 0.0279. The largest absolute Gasteiger partial charge is 0.385 e. The Morgan fingerprint density at radius 1 is 1.00 bits per heavy atom. The fraction of sp³-hybridized carbons (Fsp3) is 0.343. The lowest BCUT2D eigenvalue weighted by Gasteiger charge is -2.31. The van der Waals surface area contributed by atoms with Crippen LogP contribution in [-0.2, 0) is 4.79 Å². The summed E-state index contributed by atoms with van der Waals surface area (Å²) < 4.78 is 0. The van der Waals surface area contributed by atoms with Gasteiger partial charge in [-0.1, -0.05) is 29.8 Å².